The number of rotatable bonds is 8. The third-order valence-electron chi connectivity index (χ3n) is 4.10. The number of halogens is 2. The molecule has 2 aromatic carbocycles. The average molecular weight is 409 g/mol. The van der Waals surface area contributed by atoms with Crippen molar-refractivity contribution in [1.82, 2.24) is 5.32 Å². The molecule has 0 bridgehead atoms. The van der Waals surface area contributed by atoms with Gasteiger partial charge >= 0.3 is 0 Å². The molecule has 144 valence electrons. The SMILES string of the molecule is C[C@H](CNC(=O)C[NH+](C)CC(=O)Nc1ccc(Cl)c(Cl)c1)c1ccccc1. The minimum atomic E-state index is -0.198. The Balaban J connectivity index is 1.73. The van der Waals surface area contributed by atoms with E-state index in [0.29, 0.717) is 22.3 Å². The molecule has 0 heterocycles. The first-order valence-corrected chi connectivity index (χ1v) is 9.48. The van der Waals surface area contributed by atoms with Gasteiger partial charge in [-0.2, -0.15) is 0 Å². The number of anilines is 1. The first-order valence-electron chi connectivity index (χ1n) is 8.73. The Kier molecular flexibility index (Phi) is 8.10. The lowest BCUT2D eigenvalue weighted by Crippen LogP contribution is -3.11. The Labute approximate surface area is 169 Å². The summed E-state index contributed by atoms with van der Waals surface area (Å²) in [4.78, 5) is 25.0. The first-order chi connectivity index (χ1) is 12.8. The van der Waals surface area contributed by atoms with E-state index >= 15 is 0 Å². The van der Waals surface area contributed by atoms with Crippen LogP contribution in [-0.2, 0) is 9.59 Å². The van der Waals surface area contributed by atoms with Gasteiger partial charge in [0.15, 0.2) is 13.1 Å². The molecule has 0 aromatic heterocycles. The normalized spacial score (nSPS) is 12.9. The average Bonchev–Trinajstić information content (AvgIpc) is 2.63. The molecular weight excluding hydrogens is 385 g/mol. The molecule has 2 rings (SSSR count). The number of benzene rings is 2. The van der Waals surface area contributed by atoms with Crippen molar-refractivity contribution in [3.8, 4) is 0 Å². The van der Waals surface area contributed by atoms with Gasteiger partial charge in [0.05, 0.1) is 17.1 Å². The Morgan fingerprint density at radius 1 is 1.00 bits per heavy atom. The van der Waals surface area contributed by atoms with Crippen molar-refractivity contribution in [3.63, 3.8) is 0 Å². The van der Waals surface area contributed by atoms with Crippen molar-refractivity contribution in [2.24, 2.45) is 0 Å². The number of nitrogens with one attached hydrogen (secondary N) is 3. The highest BCUT2D eigenvalue weighted by Crippen LogP contribution is 2.24. The molecule has 0 saturated heterocycles. The Hall–Kier alpha value is -2.08. The van der Waals surface area contributed by atoms with Gasteiger partial charge in [0.2, 0.25) is 0 Å². The zero-order valence-electron chi connectivity index (χ0n) is 15.4. The Morgan fingerprint density at radius 3 is 2.33 bits per heavy atom. The van der Waals surface area contributed by atoms with Crippen LogP contribution in [0.25, 0.3) is 0 Å². The molecule has 0 aliphatic rings. The monoisotopic (exact) mass is 408 g/mol. The van der Waals surface area contributed by atoms with Crippen molar-refractivity contribution in [2.45, 2.75) is 12.8 Å². The third kappa shape index (κ3) is 7.21. The lowest BCUT2D eigenvalue weighted by molar-refractivity contribution is -0.862. The highest BCUT2D eigenvalue weighted by molar-refractivity contribution is 6.42. The quantitative estimate of drug-likeness (QED) is 0.627. The van der Waals surface area contributed by atoms with Gasteiger partial charge in [-0.3, -0.25) is 9.59 Å². The topological polar surface area (TPSA) is 62.6 Å². The first kappa shape index (κ1) is 21.2. The van der Waals surface area contributed by atoms with Crippen LogP contribution in [0.2, 0.25) is 10.0 Å². The summed E-state index contributed by atoms with van der Waals surface area (Å²) in [6.45, 7) is 3.01. The number of quaternary nitrogens is 1. The van der Waals surface area contributed by atoms with Gasteiger partial charge in [0, 0.05) is 12.2 Å². The van der Waals surface area contributed by atoms with Gasteiger partial charge in [-0.05, 0) is 29.7 Å². The van der Waals surface area contributed by atoms with Crippen LogP contribution in [-0.4, -0.2) is 38.5 Å². The Bertz CT molecular complexity index is 784. The lowest BCUT2D eigenvalue weighted by atomic mass is 10.0. The van der Waals surface area contributed by atoms with Crippen LogP contribution in [0.3, 0.4) is 0 Å². The smallest absolute Gasteiger partial charge is 0.279 e. The van der Waals surface area contributed by atoms with E-state index < -0.39 is 0 Å². The number of hydrogen-bond donors (Lipinski definition) is 3. The van der Waals surface area contributed by atoms with Crippen molar-refractivity contribution >= 4 is 40.7 Å². The number of likely N-dealkylation sites (N-methyl/N-ethyl adjacent to an activating group) is 1. The summed E-state index contributed by atoms with van der Waals surface area (Å²) in [6.07, 6.45) is 0. The van der Waals surface area contributed by atoms with Crippen LogP contribution in [0.4, 0.5) is 5.69 Å². The van der Waals surface area contributed by atoms with Crippen molar-refractivity contribution in [3.05, 3.63) is 64.1 Å². The van der Waals surface area contributed by atoms with Crippen molar-refractivity contribution in [1.29, 1.82) is 0 Å². The second kappa shape index (κ2) is 10.3. The fraction of sp³-hybridized carbons (Fsp3) is 0.300. The maximum absolute atomic E-state index is 12.1. The molecule has 0 aliphatic carbocycles. The molecule has 0 spiro atoms. The van der Waals surface area contributed by atoms with E-state index in [1.807, 2.05) is 30.3 Å². The minimum absolute atomic E-state index is 0.0855. The Morgan fingerprint density at radius 2 is 1.67 bits per heavy atom. The van der Waals surface area contributed by atoms with Crippen LogP contribution in [0, 0.1) is 0 Å². The summed E-state index contributed by atoms with van der Waals surface area (Å²) >= 11 is 11.8. The summed E-state index contributed by atoms with van der Waals surface area (Å²) in [5.74, 6) is -0.0534. The molecule has 7 heteroatoms. The van der Waals surface area contributed by atoms with Gasteiger partial charge in [-0.1, -0.05) is 60.5 Å². The van der Waals surface area contributed by atoms with Crippen LogP contribution in [0.1, 0.15) is 18.4 Å². The number of hydrogen-bond acceptors (Lipinski definition) is 2. The minimum Gasteiger partial charge on any atom is -0.351 e. The zero-order valence-corrected chi connectivity index (χ0v) is 16.9. The molecule has 5 nitrogen and oxygen atoms in total. The zero-order chi connectivity index (χ0) is 19.8. The number of carbonyl (C=O) groups excluding carboxylic acids is 2. The molecule has 27 heavy (non-hydrogen) atoms. The molecule has 0 saturated carbocycles. The van der Waals surface area contributed by atoms with Gasteiger partial charge in [-0.25, -0.2) is 0 Å². The predicted octanol–water partition coefficient (Wildman–Crippen LogP) is 2.37. The summed E-state index contributed by atoms with van der Waals surface area (Å²) in [7, 11) is 1.80. The number of amides is 2. The van der Waals surface area contributed by atoms with Crippen molar-refractivity contribution < 1.29 is 14.5 Å². The molecule has 3 N–H and O–H groups in total. The molecule has 0 radical (unpaired) electrons. The molecule has 2 atom stereocenters. The highest BCUT2D eigenvalue weighted by Gasteiger charge is 2.15. The third-order valence-corrected chi connectivity index (χ3v) is 4.84. The van der Waals surface area contributed by atoms with Gasteiger partial charge in [0.25, 0.3) is 11.8 Å². The molecule has 0 aliphatic heterocycles. The maximum atomic E-state index is 12.1. The van der Waals surface area contributed by atoms with Crippen LogP contribution >= 0.6 is 23.2 Å². The van der Waals surface area contributed by atoms with E-state index in [-0.39, 0.29) is 30.8 Å². The van der Waals surface area contributed by atoms with Crippen LogP contribution in [0.15, 0.2) is 48.5 Å². The van der Waals surface area contributed by atoms with Crippen LogP contribution < -0.4 is 15.5 Å². The molecule has 2 amide bonds. The van der Waals surface area contributed by atoms with E-state index in [9.17, 15) is 9.59 Å². The molecular formula is C20H24Cl2N3O2+. The molecule has 1 unspecified atom stereocenters. The van der Waals surface area contributed by atoms with Crippen LogP contribution in [0.5, 0.6) is 0 Å². The maximum Gasteiger partial charge on any atom is 0.279 e. The summed E-state index contributed by atoms with van der Waals surface area (Å²) in [5, 5.41) is 6.48. The fourth-order valence-corrected chi connectivity index (χ4v) is 2.92. The summed E-state index contributed by atoms with van der Waals surface area (Å²) < 4.78 is 0. The summed E-state index contributed by atoms with van der Waals surface area (Å²) in [6, 6.07) is 14.9. The second-order valence-electron chi connectivity index (χ2n) is 6.60. The standard InChI is InChI=1S/C20H23Cl2N3O2/c1-14(15-6-4-3-5-7-15)11-23-19(26)12-25(2)13-20(27)24-16-8-9-17(21)18(22)10-16/h3-10,14H,11-13H2,1-2H3,(H,23,26)(H,24,27)/p+1/t14-/m1/s1. The highest BCUT2D eigenvalue weighted by atomic mass is 35.5. The second-order valence-corrected chi connectivity index (χ2v) is 7.42. The lowest BCUT2D eigenvalue weighted by Gasteiger charge is -2.16. The summed E-state index contributed by atoms with van der Waals surface area (Å²) in [5.41, 5.74) is 1.75. The van der Waals surface area contributed by atoms with Gasteiger partial charge in [0.1, 0.15) is 0 Å². The van der Waals surface area contributed by atoms with Gasteiger partial charge in [-0.15, -0.1) is 0 Å². The molecule has 0 fully saturated rings. The van der Waals surface area contributed by atoms with E-state index in [2.05, 4.69) is 17.6 Å². The van der Waals surface area contributed by atoms with Crippen molar-refractivity contribution in [2.75, 3.05) is 32.0 Å². The fourth-order valence-electron chi connectivity index (χ4n) is 2.62. The van der Waals surface area contributed by atoms with E-state index in [1.54, 1.807) is 25.2 Å². The van der Waals surface area contributed by atoms with E-state index in [4.69, 9.17) is 23.2 Å². The molecule has 2 aromatic rings. The largest absolute Gasteiger partial charge is 0.351 e. The van der Waals surface area contributed by atoms with Gasteiger partial charge < -0.3 is 15.5 Å². The number of carbonyl (C=O) groups is 2. The van der Waals surface area contributed by atoms with E-state index in [1.165, 1.54) is 5.56 Å². The predicted molar refractivity (Wildman–Crippen MR) is 110 cm³/mol. The van der Waals surface area contributed by atoms with E-state index in [0.717, 1.165) is 4.90 Å².